The molecule has 0 aliphatic carbocycles. The summed E-state index contributed by atoms with van der Waals surface area (Å²) in [5.41, 5.74) is 1.62. The van der Waals surface area contributed by atoms with Crippen LogP contribution in [0.1, 0.15) is 12.0 Å². The maximum atomic E-state index is 12.7. The fourth-order valence-electron chi connectivity index (χ4n) is 2.93. The Morgan fingerprint density at radius 2 is 1.93 bits per heavy atom. The third kappa shape index (κ3) is 4.41. The van der Waals surface area contributed by atoms with Crippen molar-refractivity contribution in [2.24, 2.45) is 0 Å². The van der Waals surface area contributed by atoms with Gasteiger partial charge in [0.05, 0.1) is 23.6 Å². The van der Waals surface area contributed by atoms with Gasteiger partial charge in [-0.15, -0.1) is 0 Å². The minimum absolute atomic E-state index is 0.0768. The lowest BCUT2D eigenvalue weighted by atomic mass is 10.2. The number of ether oxygens (including phenoxy) is 1. The Labute approximate surface area is 170 Å². The average Bonchev–Trinajstić information content (AvgIpc) is 2.82. The predicted molar refractivity (Wildman–Crippen MR) is 110 cm³/mol. The summed E-state index contributed by atoms with van der Waals surface area (Å²) in [6.07, 6.45) is 0.164. The number of anilines is 2. The molecule has 0 aromatic heterocycles. The minimum Gasteiger partial charge on any atom is -0.491 e. The SMILES string of the molecule is Cc1ccc(S(=O)(=O)N(C)C)cc1NC(=O)CN1C(=O)CCOc2ccccc21. The molecule has 2 amide bonds. The number of hydrogen-bond donors (Lipinski definition) is 1. The molecule has 154 valence electrons. The zero-order valence-corrected chi connectivity index (χ0v) is 17.3. The standard InChI is InChI=1S/C20H23N3O5S/c1-14-8-9-15(29(26,27)22(2)3)12-16(14)21-19(24)13-23-17-6-4-5-7-18(17)28-11-10-20(23)25/h4-9,12H,10-11,13H2,1-3H3,(H,21,24). The molecule has 0 saturated heterocycles. The number of carbonyl (C=O) groups is 2. The first-order valence-electron chi connectivity index (χ1n) is 9.05. The Morgan fingerprint density at radius 1 is 1.21 bits per heavy atom. The summed E-state index contributed by atoms with van der Waals surface area (Å²) in [4.78, 5) is 26.6. The number of nitrogens with one attached hydrogen (secondary N) is 1. The molecule has 8 nitrogen and oxygen atoms in total. The topological polar surface area (TPSA) is 96.0 Å². The third-order valence-electron chi connectivity index (χ3n) is 4.59. The maximum Gasteiger partial charge on any atom is 0.244 e. The van der Waals surface area contributed by atoms with Gasteiger partial charge in [0.15, 0.2) is 0 Å². The lowest BCUT2D eigenvalue weighted by Crippen LogP contribution is -2.37. The fourth-order valence-corrected chi connectivity index (χ4v) is 3.86. The summed E-state index contributed by atoms with van der Waals surface area (Å²) in [7, 11) is -0.747. The second-order valence-electron chi connectivity index (χ2n) is 6.86. The van der Waals surface area contributed by atoms with Crippen molar-refractivity contribution in [3.63, 3.8) is 0 Å². The fraction of sp³-hybridized carbons (Fsp3) is 0.300. The quantitative estimate of drug-likeness (QED) is 0.803. The van der Waals surface area contributed by atoms with Crippen molar-refractivity contribution in [3.8, 4) is 5.75 Å². The second-order valence-corrected chi connectivity index (χ2v) is 9.01. The highest BCUT2D eigenvalue weighted by atomic mass is 32.2. The third-order valence-corrected chi connectivity index (χ3v) is 6.41. The van der Waals surface area contributed by atoms with Crippen molar-refractivity contribution in [1.29, 1.82) is 0 Å². The largest absolute Gasteiger partial charge is 0.491 e. The molecule has 9 heteroatoms. The average molecular weight is 417 g/mol. The zero-order chi connectivity index (χ0) is 21.2. The van der Waals surface area contributed by atoms with Crippen LogP contribution in [0.5, 0.6) is 5.75 Å². The summed E-state index contributed by atoms with van der Waals surface area (Å²) in [6, 6.07) is 11.6. The van der Waals surface area contributed by atoms with Crippen molar-refractivity contribution >= 4 is 33.2 Å². The van der Waals surface area contributed by atoms with E-state index in [1.54, 1.807) is 37.3 Å². The zero-order valence-electron chi connectivity index (χ0n) is 16.5. The molecule has 0 spiro atoms. The minimum atomic E-state index is -3.63. The van der Waals surface area contributed by atoms with E-state index in [4.69, 9.17) is 4.74 Å². The number of amides is 2. The van der Waals surface area contributed by atoms with Gasteiger partial charge < -0.3 is 10.1 Å². The number of aryl methyl sites for hydroxylation is 1. The van der Waals surface area contributed by atoms with E-state index in [1.165, 1.54) is 31.1 Å². The Bertz CT molecular complexity index is 1050. The Kier molecular flexibility index (Phi) is 5.90. The molecular formula is C20H23N3O5S. The van der Waals surface area contributed by atoms with E-state index in [0.29, 0.717) is 22.7 Å². The van der Waals surface area contributed by atoms with Crippen LogP contribution in [0.4, 0.5) is 11.4 Å². The monoisotopic (exact) mass is 417 g/mol. The van der Waals surface area contributed by atoms with Crippen LogP contribution in [0.15, 0.2) is 47.4 Å². The lowest BCUT2D eigenvalue weighted by molar-refractivity contribution is -0.121. The van der Waals surface area contributed by atoms with E-state index < -0.39 is 15.9 Å². The van der Waals surface area contributed by atoms with Gasteiger partial charge >= 0.3 is 0 Å². The molecule has 0 unspecified atom stereocenters. The van der Waals surface area contributed by atoms with Gasteiger partial charge in [-0.25, -0.2) is 12.7 Å². The molecular weight excluding hydrogens is 394 g/mol. The Morgan fingerprint density at radius 3 is 2.66 bits per heavy atom. The van der Waals surface area contributed by atoms with E-state index in [1.807, 2.05) is 0 Å². The Balaban J connectivity index is 1.84. The van der Waals surface area contributed by atoms with Crippen LogP contribution in [0.2, 0.25) is 0 Å². The van der Waals surface area contributed by atoms with Crippen molar-refractivity contribution < 1.29 is 22.7 Å². The second kappa shape index (κ2) is 8.22. The van der Waals surface area contributed by atoms with Crippen LogP contribution < -0.4 is 15.0 Å². The van der Waals surface area contributed by atoms with Gasteiger partial charge in [0, 0.05) is 19.8 Å². The normalized spacial score (nSPS) is 14.2. The summed E-state index contributed by atoms with van der Waals surface area (Å²) in [5, 5.41) is 2.72. The molecule has 29 heavy (non-hydrogen) atoms. The van der Waals surface area contributed by atoms with E-state index in [0.717, 1.165) is 4.31 Å². The van der Waals surface area contributed by atoms with Crippen molar-refractivity contribution in [3.05, 3.63) is 48.0 Å². The van der Waals surface area contributed by atoms with Gasteiger partial charge in [0.2, 0.25) is 21.8 Å². The van der Waals surface area contributed by atoms with Gasteiger partial charge in [-0.3, -0.25) is 14.5 Å². The van der Waals surface area contributed by atoms with Gasteiger partial charge in [-0.1, -0.05) is 18.2 Å². The van der Waals surface area contributed by atoms with Crippen LogP contribution >= 0.6 is 0 Å². The molecule has 1 N–H and O–H groups in total. The smallest absolute Gasteiger partial charge is 0.244 e. The van der Waals surface area contributed by atoms with Crippen molar-refractivity contribution in [1.82, 2.24) is 4.31 Å². The molecule has 0 atom stereocenters. The molecule has 1 aliphatic rings. The van der Waals surface area contributed by atoms with Crippen LogP contribution in [0.3, 0.4) is 0 Å². The first-order valence-corrected chi connectivity index (χ1v) is 10.5. The lowest BCUT2D eigenvalue weighted by Gasteiger charge is -2.21. The molecule has 0 radical (unpaired) electrons. The van der Waals surface area contributed by atoms with Crippen molar-refractivity contribution in [2.45, 2.75) is 18.2 Å². The highest BCUT2D eigenvalue weighted by molar-refractivity contribution is 7.89. The number of sulfonamides is 1. The molecule has 0 fully saturated rings. The number of hydrogen-bond acceptors (Lipinski definition) is 5. The van der Waals surface area contributed by atoms with E-state index in [9.17, 15) is 18.0 Å². The molecule has 2 aromatic rings. The number of fused-ring (bicyclic) bond motifs is 1. The summed E-state index contributed by atoms with van der Waals surface area (Å²) in [6.45, 7) is 1.81. The van der Waals surface area contributed by atoms with Crippen molar-refractivity contribution in [2.75, 3.05) is 37.5 Å². The number of para-hydroxylation sites is 2. The molecule has 1 heterocycles. The molecule has 3 rings (SSSR count). The number of carbonyl (C=O) groups excluding carboxylic acids is 2. The van der Waals surface area contributed by atoms with E-state index in [-0.39, 0.29) is 30.4 Å². The highest BCUT2D eigenvalue weighted by Gasteiger charge is 2.25. The summed E-state index contributed by atoms with van der Waals surface area (Å²) >= 11 is 0. The van der Waals surface area contributed by atoms with Crippen LogP contribution in [-0.4, -0.2) is 51.8 Å². The molecule has 0 bridgehead atoms. The first kappa shape index (κ1) is 20.8. The predicted octanol–water partition coefficient (Wildman–Crippen LogP) is 2.00. The molecule has 1 aliphatic heterocycles. The van der Waals surface area contributed by atoms with E-state index >= 15 is 0 Å². The van der Waals surface area contributed by atoms with Gasteiger partial charge in [0.25, 0.3) is 0 Å². The highest BCUT2D eigenvalue weighted by Crippen LogP contribution is 2.31. The van der Waals surface area contributed by atoms with Gasteiger partial charge in [-0.05, 0) is 36.8 Å². The number of rotatable bonds is 5. The van der Waals surface area contributed by atoms with Crippen LogP contribution in [-0.2, 0) is 19.6 Å². The number of benzene rings is 2. The first-order chi connectivity index (χ1) is 13.7. The number of nitrogens with zero attached hydrogens (tertiary/aromatic N) is 2. The van der Waals surface area contributed by atoms with E-state index in [2.05, 4.69) is 5.32 Å². The molecule has 2 aromatic carbocycles. The molecule has 0 saturated carbocycles. The Hall–Kier alpha value is -2.91. The van der Waals surface area contributed by atoms with Crippen LogP contribution in [0, 0.1) is 6.92 Å². The van der Waals surface area contributed by atoms with Gasteiger partial charge in [-0.2, -0.15) is 0 Å². The summed E-state index contributed by atoms with van der Waals surface area (Å²) in [5.74, 6) is -0.107. The summed E-state index contributed by atoms with van der Waals surface area (Å²) < 4.78 is 31.4. The van der Waals surface area contributed by atoms with Gasteiger partial charge in [0.1, 0.15) is 12.3 Å². The van der Waals surface area contributed by atoms with Crippen LogP contribution in [0.25, 0.3) is 0 Å². The maximum absolute atomic E-state index is 12.7.